The molecule has 5 rings (SSSR count). The molecule has 2 aliphatic heterocycles. The van der Waals surface area contributed by atoms with Crippen LogP contribution >= 0.6 is 0 Å². The van der Waals surface area contributed by atoms with Crippen LogP contribution in [0.2, 0.25) is 0 Å². The van der Waals surface area contributed by atoms with Crippen LogP contribution in [-0.4, -0.2) is 74.7 Å². The van der Waals surface area contributed by atoms with E-state index in [1.807, 2.05) is 29.2 Å². The number of nitrogens with zero attached hydrogens (tertiary/aromatic N) is 7. The number of carbonyl (C=O) groups excluding carboxylic acids is 1. The van der Waals surface area contributed by atoms with Crippen LogP contribution in [0.5, 0.6) is 0 Å². The maximum absolute atomic E-state index is 13.9. The van der Waals surface area contributed by atoms with Gasteiger partial charge in [-0.2, -0.15) is 0 Å². The highest BCUT2D eigenvalue weighted by atomic mass is 19.1. The molecule has 2 aromatic carbocycles. The Bertz CT molecular complexity index is 1240. The van der Waals surface area contributed by atoms with Crippen molar-refractivity contribution >= 4 is 11.6 Å². The molecule has 0 bridgehead atoms. The van der Waals surface area contributed by atoms with Crippen LogP contribution < -0.4 is 0 Å². The van der Waals surface area contributed by atoms with E-state index < -0.39 is 5.82 Å². The first kappa shape index (κ1) is 22.1. The second-order valence-electron chi connectivity index (χ2n) is 8.63. The second kappa shape index (κ2) is 9.29. The third-order valence-corrected chi connectivity index (χ3v) is 6.61. The van der Waals surface area contributed by atoms with Crippen molar-refractivity contribution in [3.05, 3.63) is 76.7 Å². The largest absolute Gasteiger partial charge is 0.371 e. The molecule has 9 nitrogen and oxygen atoms in total. The zero-order valence-electron chi connectivity index (χ0n) is 18.8. The Balaban J connectivity index is 1.22. The van der Waals surface area contributed by atoms with Crippen LogP contribution in [0.1, 0.15) is 22.8 Å². The molecule has 2 aliphatic rings. The van der Waals surface area contributed by atoms with Gasteiger partial charge >= 0.3 is 0 Å². The predicted molar refractivity (Wildman–Crippen MR) is 121 cm³/mol. The number of tetrazole rings is 1. The summed E-state index contributed by atoms with van der Waals surface area (Å²) >= 11 is 0. The highest BCUT2D eigenvalue weighted by Crippen LogP contribution is 2.34. The Hall–Kier alpha value is -3.68. The Morgan fingerprint density at radius 2 is 2.15 bits per heavy atom. The van der Waals surface area contributed by atoms with E-state index in [9.17, 15) is 9.18 Å². The summed E-state index contributed by atoms with van der Waals surface area (Å²) in [5.41, 5.74) is 3.26. The van der Waals surface area contributed by atoms with E-state index in [2.05, 4.69) is 25.3 Å². The molecule has 2 atom stereocenters. The average molecular weight is 462 g/mol. The quantitative estimate of drug-likeness (QED) is 0.556. The molecule has 174 valence electrons. The summed E-state index contributed by atoms with van der Waals surface area (Å²) < 4.78 is 21.6. The minimum atomic E-state index is -0.499. The molecule has 10 heteroatoms. The molecule has 0 aliphatic carbocycles. The second-order valence-corrected chi connectivity index (χ2v) is 8.63. The van der Waals surface area contributed by atoms with Crippen molar-refractivity contribution < 1.29 is 13.9 Å². The maximum Gasteiger partial charge on any atom is 0.227 e. The summed E-state index contributed by atoms with van der Waals surface area (Å²) in [6.45, 7) is 12.2. The predicted octanol–water partition coefficient (Wildman–Crippen LogP) is 2.49. The molecule has 0 unspecified atom stereocenters. The van der Waals surface area contributed by atoms with Gasteiger partial charge in [-0.1, -0.05) is 18.2 Å². The number of fused-ring (bicyclic) bond motifs is 1. The number of rotatable bonds is 4. The summed E-state index contributed by atoms with van der Waals surface area (Å²) in [7, 11) is 0. The van der Waals surface area contributed by atoms with Gasteiger partial charge in [0, 0.05) is 26.2 Å². The zero-order chi connectivity index (χ0) is 23.7. The number of amides is 1. The van der Waals surface area contributed by atoms with Crippen molar-refractivity contribution in [1.29, 1.82) is 0 Å². The molecule has 1 amide bonds. The fourth-order valence-electron chi connectivity index (χ4n) is 4.74. The summed E-state index contributed by atoms with van der Waals surface area (Å²) in [5, 5.41) is 11.2. The van der Waals surface area contributed by atoms with Gasteiger partial charge in [0.05, 0.1) is 37.4 Å². The third-order valence-electron chi connectivity index (χ3n) is 6.61. The molecule has 3 aromatic rings. The fourth-order valence-corrected chi connectivity index (χ4v) is 4.74. The van der Waals surface area contributed by atoms with Crippen LogP contribution in [-0.2, 0) is 16.0 Å². The summed E-state index contributed by atoms with van der Waals surface area (Å²) in [5.74, 6) is -0.424. The number of hydrogen-bond acceptors (Lipinski definition) is 6. The van der Waals surface area contributed by atoms with Crippen molar-refractivity contribution in [3.63, 3.8) is 0 Å². The van der Waals surface area contributed by atoms with Crippen molar-refractivity contribution in [3.8, 4) is 5.69 Å². The van der Waals surface area contributed by atoms with Gasteiger partial charge in [-0.25, -0.2) is 13.9 Å². The molecule has 2 saturated heterocycles. The van der Waals surface area contributed by atoms with Crippen molar-refractivity contribution in [1.82, 2.24) is 30.0 Å². The van der Waals surface area contributed by atoms with Gasteiger partial charge in [-0.05, 0) is 52.2 Å². The molecule has 0 saturated carbocycles. The summed E-state index contributed by atoms with van der Waals surface area (Å²) in [6.07, 6.45) is 1.61. The number of piperazine rings is 1. The lowest BCUT2D eigenvalue weighted by Gasteiger charge is -2.46. The Kier molecular flexibility index (Phi) is 6.04. The lowest BCUT2D eigenvalue weighted by Crippen LogP contribution is -2.59. The Labute approximate surface area is 196 Å². The van der Waals surface area contributed by atoms with E-state index in [0.29, 0.717) is 38.2 Å². The molecular formula is C24H24FN7O2. The maximum atomic E-state index is 13.9. The first-order chi connectivity index (χ1) is 16.5. The Morgan fingerprint density at radius 1 is 1.26 bits per heavy atom. The number of ether oxygens (including phenoxy) is 1. The molecule has 0 radical (unpaired) electrons. The van der Waals surface area contributed by atoms with Crippen LogP contribution in [0.25, 0.3) is 10.5 Å². The van der Waals surface area contributed by atoms with Gasteiger partial charge in [0.15, 0.2) is 0 Å². The number of aromatic nitrogens is 4. The van der Waals surface area contributed by atoms with Gasteiger partial charge in [0.2, 0.25) is 11.6 Å². The number of carbonyl (C=O) groups is 1. The molecule has 1 aromatic heterocycles. The molecule has 2 fully saturated rings. The van der Waals surface area contributed by atoms with Crippen LogP contribution in [0.4, 0.5) is 10.1 Å². The highest BCUT2D eigenvalue weighted by Gasteiger charge is 2.36. The molecule has 0 N–H and O–H groups in total. The van der Waals surface area contributed by atoms with Gasteiger partial charge in [-0.15, -0.1) is 5.10 Å². The van der Waals surface area contributed by atoms with Crippen molar-refractivity contribution in [2.24, 2.45) is 0 Å². The molecule has 3 heterocycles. The smallest absolute Gasteiger partial charge is 0.227 e. The number of morpholine rings is 1. The lowest BCUT2D eigenvalue weighted by atomic mass is 9.98. The van der Waals surface area contributed by atoms with E-state index in [1.165, 1.54) is 12.4 Å². The first-order valence-electron chi connectivity index (χ1n) is 11.2. The summed E-state index contributed by atoms with van der Waals surface area (Å²) in [4.78, 5) is 20.6. The van der Waals surface area contributed by atoms with Gasteiger partial charge in [0.1, 0.15) is 12.1 Å². The lowest BCUT2D eigenvalue weighted by molar-refractivity contribution is -0.139. The number of benzene rings is 2. The first-order valence-corrected chi connectivity index (χ1v) is 11.2. The fraction of sp³-hybridized carbons (Fsp3) is 0.375. The van der Waals surface area contributed by atoms with E-state index >= 15 is 0 Å². The topological polar surface area (TPSA) is 80.7 Å². The molecule has 0 spiro atoms. The summed E-state index contributed by atoms with van der Waals surface area (Å²) in [6, 6.07) is 10.8. The number of hydrogen-bond donors (Lipinski definition) is 0. The molecule has 34 heavy (non-hydrogen) atoms. The number of halogens is 1. The van der Waals surface area contributed by atoms with E-state index in [-0.39, 0.29) is 23.7 Å². The monoisotopic (exact) mass is 461 g/mol. The normalized spacial score (nSPS) is 20.6. The van der Waals surface area contributed by atoms with Crippen molar-refractivity contribution in [2.45, 2.75) is 25.5 Å². The molecular weight excluding hydrogens is 437 g/mol. The minimum Gasteiger partial charge on any atom is -0.371 e. The van der Waals surface area contributed by atoms with E-state index in [0.717, 1.165) is 23.4 Å². The van der Waals surface area contributed by atoms with Gasteiger partial charge < -0.3 is 9.64 Å². The van der Waals surface area contributed by atoms with Crippen molar-refractivity contribution in [2.75, 3.05) is 32.8 Å². The van der Waals surface area contributed by atoms with Crippen LogP contribution in [0.15, 0.2) is 42.7 Å². The van der Waals surface area contributed by atoms with E-state index in [4.69, 9.17) is 11.3 Å². The van der Waals surface area contributed by atoms with Crippen LogP contribution in [0.3, 0.4) is 0 Å². The van der Waals surface area contributed by atoms with Gasteiger partial charge in [0.25, 0.3) is 0 Å². The third kappa shape index (κ3) is 4.27. The van der Waals surface area contributed by atoms with Crippen LogP contribution in [0, 0.1) is 19.3 Å². The average Bonchev–Trinajstić information content (AvgIpc) is 3.39. The SMILES string of the molecule is [C-]#[N+]c1c(F)ccc([C@@H]2CN3CCN(C(=O)Cc4cccc(-n5cnnn5)c4)C[C@@H]3CO2)c1C. The van der Waals surface area contributed by atoms with E-state index in [1.54, 1.807) is 17.7 Å². The Morgan fingerprint density at radius 3 is 2.94 bits per heavy atom. The highest BCUT2D eigenvalue weighted by molar-refractivity contribution is 5.79. The standard InChI is InChI=1S/C24H24FN7O2/c1-16-20(6-7-21(25)24(16)26-2)22-13-30-8-9-31(12-19(30)14-34-22)23(33)11-17-4-3-5-18(10-17)32-15-27-28-29-32/h3-7,10,15,19,22H,8-9,11-14H2,1H3/t19-,22+/m1/s1. The minimum absolute atomic E-state index is 0.0581. The van der Waals surface area contributed by atoms with Gasteiger partial charge in [-0.3, -0.25) is 9.69 Å². The zero-order valence-corrected chi connectivity index (χ0v) is 18.8.